The van der Waals surface area contributed by atoms with Gasteiger partial charge < -0.3 is 5.11 Å². The van der Waals surface area contributed by atoms with Crippen molar-refractivity contribution in [1.82, 2.24) is 4.72 Å². The molecule has 0 spiro atoms. The summed E-state index contributed by atoms with van der Waals surface area (Å²) < 4.78 is 24.3. The van der Waals surface area contributed by atoms with Gasteiger partial charge in [-0.15, -0.1) is 0 Å². The molecule has 7 heteroatoms. The Morgan fingerprint density at radius 3 is 2.47 bits per heavy atom. The number of sulfonamides is 1. The maximum atomic E-state index is 11.2. The molecule has 0 amide bonds. The summed E-state index contributed by atoms with van der Waals surface area (Å²) in [4.78, 5) is 10.8. The maximum Gasteiger partial charge on any atom is 0.322 e. The number of rotatable bonds is 6. The third-order valence-corrected chi connectivity index (χ3v) is 3.16. The van der Waals surface area contributed by atoms with Gasteiger partial charge in [-0.05, 0) is 5.92 Å². The lowest BCUT2D eigenvalue weighted by Gasteiger charge is -2.19. The van der Waals surface area contributed by atoms with Gasteiger partial charge in [0, 0.05) is 0 Å². The zero-order valence-electron chi connectivity index (χ0n) is 8.60. The second-order valence-electron chi connectivity index (χ2n) is 3.24. The van der Waals surface area contributed by atoms with Crippen LogP contribution in [0.4, 0.5) is 0 Å². The molecular formula is C8H14N2O4S. The summed E-state index contributed by atoms with van der Waals surface area (Å²) in [6.07, 6.45) is 0.534. The molecule has 0 rings (SSSR count). The Kier molecular flexibility index (Phi) is 5.25. The number of aliphatic carboxylic acids is 1. The van der Waals surface area contributed by atoms with E-state index in [0.717, 1.165) is 0 Å². The molecule has 1 unspecified atom stereocenters. The molecule has 86 valence electrons. The van der Waals surface area contributed by atoms with Crippen LogP contribution in [-0.2, 0) is 14.8 Å². The third-order valence-electron chi connectivity index (χ3n) is 2.04. The Balaban J connectivity index is 4.71. The topological polar surface area (TPSA) is 107 Å². The van der Waals surface area contributed by atoms with Gasteiger partial charge in [-0.3, -0.25) is 4.79 Å². The fourth-order valence-electron chi connectivity index (χ4n) is 0.966. The minimum atomic E-state index is -3.82. The van der Waals surface area contributed by atoms with Gasteiger partial charge in [-0.2, -0.15) is 9.98 Å². The molecule has 0 fully saturated rings. The Labute approximate surface area is 89.0 Å². The van der Waals surface area contributed by atoms with Gasteiger partial charge in [0.15, 0.2) is 5.75 Å². The first-order valence-electron chi connectivity index (χ1n) is 4.43. The van der Waals surface area contributed by atoms with Crippen LogP contribution in [0.5, 0.6) is 0 Å². The molecule has 2 atom stereocenters. The van der Waals surface area contributed by atoms with E-state index in [4.69, 9.17) is 10.4 Å². The summed E-state index contributed by atoms with van der Waals surface area (Å²) in [6, 6.07) is 0.293. The molecule has 2 N–H and O–H groups in total. The van der Waals surface area contributed by atoms with E-state index in [2.05, 4.69) is 0 Å². The molecular weight excluding hydrogens is 220 g/mol. The van der Waals surface area contributed by atoms with E-state index >= 15 is 0 Å². The average molecular weight is 234 g/mol. The highest BCUT2D eigenvalue weighted by Crippen LogP contribution is 2.09. The van der Waals surface area contributed by atoms with E-state index < -0.39 is 27.8 Å². The number of carboxylic acid groups (broad SMARTS) is 1. The van der Waals surface area contributed by atoms with Gasteiger partial charge in [0.05, 0.1) is 6.07 Å². The van der Waals surface area contributed by atoms with Crippen molar-refractivity contribution in [3.8, 4) is 6.07 Å². The highest BCUT2D eigenvalue weighted by Gasteiger charge is 2.28. The lowest BCUT2D eigenvalue weighted by Crippen LogP contribution is -2.45. The highest BCUT2D eigenvalue weighted by atomic mass is 32.2. The van der Waals surface area contributed by atoms with Crippen molar-refractivity contribution >= 4 is 16.0 Å². The third kappa shape index (κ3) is 4.76. The number of hydrogen-bond acceptors (Lipinski definition) is 4. The van der Waals surface area contributed by atoms with Crippen molar-refractivity contribution in [3.63, 3.8) is 0 Å². The minimum Gasteiger partial charge on any atom is -0.480 e. The second-order valence-corrected chi connectivity index (χ2v) is 4.99. The van der Waals surface area contributed by atoms with Gasteiger partial charge in [0.2, 0.25) is 10.0 Å². The molecule has 0 saturated heterocycles. The molecule has 0 radical (unpaired) electrons. The van der Waals surface area contributed by atoms with Gasteiger partial charge in [0.1, 0.15) is 6.04 Å². The molecule has 0 heterocycles. The van der Waals surface area contributed by atoms with E-state index in [0.29, 0.717) is 6.42 Å². The monoisotopic (exact) mass is 234 g/mol. The predicted molar refractivity (Wildman–Crippen MR) is 53.4 cm³/mol. The molecule has 0 saturated carbocycles. The van der Waals surface area contributed by atoms with Crippen molar-refractivity contribution in [3.05, 3.63) is 0 Å². The molecule has 15 heavy (non-hydrogen) atoms. The SMILES string of the molecule is CCC(C)[C@H](NS(=O)(=O)CC#N)C(=O)O. The van der Waals surface area contributed by atoms with Gasteiger partial charge >= 0.3 is 5.97 Å². The van der Waals surface area contributed by atoms with Crippen LogP contribution in [0.3, 0.4) is 0 Å². The first-order valence-corrected chi connectivity index (χ1v) is 6.09. The Morgan fingerprint density at radius 1 is 1.60 bits per heavy atom. The summed E-state index contributed by atoms with van der Waals surface area (Å²) in [7, 11) is -3.82. The van der Waals surface area contributed by atoms with Crippen molar-refractivity contribution in [2.75, 3.05) is 5.75 Å². The first-order chi connectivity index (χ1) is 6.84. The molecule has 0 aliphatic rings. The molecule has 0 aliphatic heterocycles. The Morgan fingerprint density at radius 2 is 2.13 bits per heavy atom. The maximum absolute atomic E-state index is 11.2. The zero-order chi connectivity index (χ0) is 12.1. The lowest BCUT2D eigenvalue weighted by molar-refractivity contribution is -0.140. The standard InChI is InChI=1S/C8H14N2O4S/c1-3-6(2)7(8(11)12)10-15(13,14)5-4-9/h6-7,10H,3,5H2,1-2H3,(H,11,12)/t6?,7-/m0/s1. The normalized spacial score (nSPS) is 15.3. The summed E-state index contributed by atoms with van der Waals surface area (Å²) in [5, 5.41) is 17.0. The number of nitriles is 1. The lowest BCUT2D eigenvalue weighted by atomic mass is 10.0. The molecule has 0 bridgehead atoms. The highest BCUT2D eigenvalue weighted by molar-refractivity contribution is 7.89. The zero-order valence-corrected chi connectivity index (χ0v) is 9.41. The van der Waals surface area contributed by atoms with E-state index in [1.165, 1.54) is 6.07 Å². The summed E-state index contributed by atoms with van der Waals surface area (Å²) in [5.74, 6) is -2.28. The van der Waals surface area contributed by atoms with E-state index in [1.807, 2.05) is 4.72 Å². The van der Waals surface area contributed by atoms with E-state index in [-0.39, 0.29) is 5.92 Å². The van der Waals surface area contributed by atoms with Gasteiger partial charge in [0.25, 0.3) is 0 Å². The minimum absolute atomic E-state index is 0.323. The largest absolute Gasteiger partial charge is 0.480 e. The van der Waals surface area contributed by atoms with Crippen LogP contribution >= 0.6 is 0 Å². The van der Waals surface area contributed by atoms with Crippen LogP contribution in [0, 0.1) is 17.2 Å². The molecule has 6 nitrogen and oxygen atoms in total. The van der Waals surface area contributed by atoms with Crippen LogP contribution in [0.1, 0.15) is 20.3 Å². The van der Waals surface area contributed by atoms with Crippen LogP contribution in [0.2, 0.25) is 0 Å². The quantitative estimate of drug-likeness (QED) is 0.668. The van der Waals surface area contributed by atoms with Crippen LogP contribution < -0.4 is 4.72 Å². The van der Waals surface area contributed by atoms with E-state index in [1.54, 1.807) is 13.8 Å². The Hall–Kier alpha value is -1.13. The van der Waals surface area contributed by atoms with Crippen LogP contribution in [0.15, 0.2) is 0 Å². The first kappa shape index (κ1) is 13.9. The van der Waals surface area contributed by atoms with Crippen molar-refractivity contribution < 1.29 is 18.3 Å². The van der Waals surface area contributed by atoms with Crippen molar-refractivity contribution in [1.29, 1.82) is 5.26 Å². The van der Waals surface area contributed by atoms with Crippen molar-refractivity contribution in [2.45, 2.75) is 26.3 Å². The molecule has 0 aliphatic carbocycles. The summed E-state index contributed by atoms with van der Waals surface area (Å²) in [5.41, 5.74) is 0. The number of carboxylic acids is 1. The smallest absolute Gasteiger partial charge is 0.322 e. The molecule has 0 aromatic carbocycles. The van der Waals surface area contributed by atoms with Crippen LogP contribution in [0.25, 0.3) is 0 Å². The van der Waals surface area contributed by atoms with Crippen molar-refractivity contribution in [2.24, 2.45) is 5.92 Å². The van der Waals surface area contributed by atoms with E-state index in [9.17, 15) is 13.2 Å². The van der Waals surface area contributed by atoms with Gasteiger partial charge in [-0.1, -0.05) is 20.3 Å². The van der Waals surface area contributed by atoms with Crippen LogP contribution in [-0.4, -0.2) is 31.3 Å². The summed E-state index contributed by atoms with van der Waals surface area (Å²) >= 11 is 0. The fourth-order valence-corrected chi connectivity index (χ4v) is 1.94. The Bertz CT molecular complexity index is 357. The fraction of sp³-hybridized carbons (Fsp3) is 0.750. The number of carbonyl (C=O) groups is 1. The van der Waals surface area contributed by atoms with Gasteiger partial charge in [-0.25, -0.2) is 8.42 Å². The molecule has 0 aromatic rings. The average Bonchev–Trinajstić information content (AvgIpc) is 2.12. The second kappa shape index (κ2) is 5.68. The summed E-state index contributed by atoms with van der Waals surface area (Å²) in [6.45, 7) is 3.40. The molecule has 0 aromatic heterocycles. The number of hydrogen-bond donors (Lipinski definition) is 2. The number of nitrogens with one attached hydrogen (secondary N) is 1. The number of nitrogens with zero attached hydrogens (tertiary/aromatic N) is 1. The predicted octanol–water partition coefficient (Wildman–Crippen LogP) is -0.0713.